The highest BCUT2D eigenvalue weighted by Gasteiger charge is 1.88. The van der Waals surface area contributed by atoms with Crippen LogP contribution in [0.3, 0.4) is 0 Å². The molecule has 14 nitrogen and oxygen atoms in total. The summed E-state index contributed by atoms with van der Waals surface area (Å²) >= 11 is 11.2. The fraction of sp³-hybridized carbons (Fsp3) is 0.857. The standard InChI is InChI=1S/2C4H9NO.2C4H9NS.C3H9N.2C3H6O2.C3H6O.C3H8.C2H6OS.C2H6O.C2H6S.12CH4/c4*1-4(6)5(2)3;1-4(2)3;2*1-3(4)5-2;1-3(2)4;1-3-2;1-4(2)3;2*1-3-2;;;;;;;;;;;;/h4*1-3H3;1-3H3;2*1-2H3;1-2H3;3H2,1-2H3;1-2H3;2*1-2H3;12*1H4. The number of rotatable bonds is 0. The van der Waals surface area contributed by atoms with Crippen LogP contribution in [0.2, 0.25) is 0 Å². The number of thiocarbonyl (C=S) groups is 2. The first kappa shape index (κ1) is 158. The van der Waals surface area contributed by atoms with Crippen molar-refractivity contribution in [2.45, 2.75) is 165 Å². The lowest BCUT2D eigenvalue weighted by molar-refractivity contribution is -0.138. The van der Waals surface area contributed by atoms with Crippen molar-refractivity contribution in [2.75, 3.05) is 131 Å². The Morgan fingerprint density at radius 3 is 0.493 bits per heavy atom. The number of amides is 2. The van der Waals surface area contributed by atoms with Crippen molar-refractivity contribution < 1.29 is 42.4 Å². The maximum absolute atomic E-state index is 10.1. The summed E-state index contributed by atoms with van der Waals surface area (Å²) < 4.78 is 22.0. The van der Waals surface area contributed by atoms with Gasteiger partial charge in [-0.3, -0.25) is 23.4 Å². The van der Waals surface area contributed by atoms with Crippen LogP contribution in [-0.4, -0.2) is 199 Å². The van der Waals surface area contributed by atoms with Crippen molar-refractivity contribution in [2.24, 2.45) is 0 Å². The number of Topliss-reactive ketones (excluding diaryl/α,β-unsaturated/α-hetero) is 1. The molecule has 67 heavy (non-hydrogen) atoms. The summed E-state index contributed by atoms with van der Waals surface area (Å²) in [5.41, 5.74) is 0. The summed E-state index contributed by atoms with van der Waals surface area (Å²) in [5.74, 6) is -0.139. The number of nitrogens with zero attached hydrogens (tertiary/aromatic N) is 5. The number of ketones is 1. The summed E-state index contributed by atoms with van der Waals surface area (Å²) in [7, 11) is 26.0. The molecule has 0 rings (SSSR count). The largest absolute Gasteiger partial charge is 0.469 e. The van der Waals surface area contributed by atoms with Crippen LogP contribution in [0.15, 0.2) is 0 Å². The van der Waals surface area contributed by atoms with Gasteiger partial charge in [-0.05, 0) is 61.3 Å². The van der Waals surface area contributed by atoms with Crippen LogP contribution in [0.25, 0.3) is 0 Å². The monoisotopic (exact) mass is 1070 g/mol. The van der Waals surface area contributed by atoms with Gasteiger partial charge in [0.15, 0.2) is 0 Å². The van der Waals surface area contributed by atoms with E-state index >= 15 is 0 Å². The van der Waals surface area contributed by atoms with Gasteiger partial charge in [0.05, 0.1) is 24.2 Å². The summed E-state index contributed by atoms with van der Waals surface area (Å²) in [6, 6.07) is 0. The van der Waals surface area contributed by atoms with E-state index in [1.54, 1.807) is 66.7 Å². The van der Waals surface area contributed by atoms with Crippen molar-refractivity contribution in [3.8, 4) is 0 Å². The number of esters is 2. The molecule has 0 unspecified atom stereocenters. The predicted molar refractivity (Wildman–Crippen MR) is 333 cm³/mol. The minimum absolute atomic E-state index is 0. The highest BCUT2D eigenvalue weighted by Crippen LogP contribution is 1.76. The molecular weight excluding hydrogens is 931 g/mol. The lowest BCUT2D eigenvalue weighted by atomic mass is 10.6. The first-order chi connectivity index (χ1) is 24.5. The average molecular weight is 1070 g/mol. The lowest BCUT2D eigenvalue weighted by Crippen LogP contribution is -2.17. The first-order valence-electron chi connectivity index (χ1n) is 16.5. The number of ether oxygens (including phenoxy) is 3. The molecule has 0 aliphatic rings. The Hall–Kier alpha value is -2.25. The van der Waals surface area contributed by atoms with Gasteiger partial charge < -0.3 is 43.5 Å². The molecule has 0 spiro atoms. The maximum atomic E-state index is 10.1. The Kier molecular flexibility index (Phi) is 341. The fourth-order valence-corrected chi connectivity index (χ4v) is 0. The molecule has 0 atom stereocenters. The summed E-state index contributed by atoms with van der Waals surface area (Å²) in [5, 5.41) is 0. The van der Waals surface area contributed by atoms with E-state index in [0.717, 1.165) is 9.98 Å². The third-order valence-corrected chi connectivity index (χ3v) is 3.82. The van der Waals surface area contributed by atoms with Crippen LogP contribution in [0.5, 0.6) is 0 Å². The van der Waals surface area contributed by atoms with Gasteiger partial charge in [0, 0.05) is 122 Å². The fourth-order valence-electron chi connectivity index (χ4n) is 0. The maximum Gasteiger partial charge on any atom is 0.302 e. The van der Waals surface area contributed by atoms with Gasteiger partial charge >= 0.3 is 11.9 Å². The number of carbonyl (C=O) groups is 5. The van der Waals surface area contributed by atoms with E-state index in [2.05, 4.69) is 28.1 Å². The van der Waals surface area contributed by atoms with Crippen LogP contribution in [0.4, 0.5) is 0 Å². The summed E-state index contributed by atoms with van der Waals surface area (Å²) in [6.07, 6.45) is 8.61. The molecule has 0 radical (unpaired) electrons. The van der Waals surface area contributed by atoms with Crippen LogP contribution in [0, 0.1) is 0 Å². The zero-order chi connectivity index (χ0) is 48.0. The second-order valence-corrected chi connectivity index (χ2v) is 15.0. The number of methoxy groups -OCH3 is 3. The minimum Gasteiger partial charge on any atom is -0.469 e. The van der Waals surface area contributed by atoms with Crippen molar-refractivity contribution in [1.29, 1.82) is 0 Å². The second kappa shape index (κ2) is 144. The van der Waals surface area contributed by atoms with Gasteiger partial charge in [-0.1, -0.05) is 134 Å². The third-order valence-electron chi connectivity index (χ3n) is 3.09. The van der Waals surface area contributed by atoms with Crippen molar-refractivity contribution >= 4 is 86.5 Å². The average Bonchev–Trinajstić information content (AvgIpc) is 2.99. The van der Waals surface area contributed by atoms with Crippen LogP contribution in [0.1, 0.15) is 165 Å². The highest BCUT2D eigenvalue weighted by molar-refractivity contribution is 7.97. The van der Waals surface area contributed by atoms with E-state index in [1.165, 1.54) is 72.0 Å². The number of carbonyl (C=O) groups excluding carboxylic acids is 5. The molecule has 0 heterocycles. The molecule has 0 aliphatic heterocycles. The first-order valence-corrected chi connectivity index (χ1v) is 20.9. The van der Waals surface area contributed by atoms with Crippen LogP contribution >= 0.6 is 36.2 Å². The SMILES string of the molecule is C.C.C.C.C.C.C.C.C.C.C.C.CC(=O)N(C)C.CC(=O)N(C)C.CC(=S)N(C)C.CC(=S)N(C)C.CC(C)=O.CCC.CN(C)C.COC.COC(C)=O.COC(C)=O.CS(C)=O.CSC. The summed E-state index contributed by atoms with van der Waals surface area (Å²) in [6.45, 7) is 16.9. The van der Waals surface area contributed by atoms with Gasteiger partial charge in [0.25, 0.3) is 0 Å². The molecule has 0 aliphatic carbocycles. The Morgan fingerprint density at radius 2 is 0.493 bits per heavy atom. The Morgan fingerprint density at radius 1 is 0.448 bits per heavy atom. The van der Waals surface area contributed by atoms with E-state index in [-0.39, 0.29) is 119 Å². The zero-order valence-electron chi connectivity index (χ0n) is 40.8. The molecule has 0 N–H and O–H groups in total. The van der Waals surface area contributed by atoms with Gasteiger partial charge in [-0.2, -0.15) is 11.8 Å². The Balaban J connectivity index is -0.0000000136. The molecule has 0 saturated carbocycles. The van der Waals surface area contributed by atoms with Crippen molar-refractivity contribution in [1.82, 2.24) is 24.5 Å². The van der Waals surface area contributed by atoms with Crippen molar-refractivity contribution in [3.05, 3.63) is 0 Å². The number of hydrogen-bond donors (Lipinski definition) is 0. The molecule has 436 valence electrons. The van der Waals surface area contributed by atoms with E-state index in [1.807, 2.05) is 90.4 Å². The molecule has 0 aromatic rings. The predicted octanol–water partition coefficient (Wildman–Crippen LogP) is 13.4. The lowest BCUT2D eigenvalue weighted by Gasteiger charge is -2.06. The van der Waals surface area contributed by atoms with Crippen LogP contribution in [-0.2, 0) is 49.0 Å². The van der Waals surface area contributed by atoms with Gasteiger partial charge in [0.1, 0.15) is 5.78 Å². The van der Waals surface area contributed by atoms with Gasteiger partial charge in [-0.15, -0.1) is 0 Å². The Labute approximate surface area is 447 Å². The van der Waals surface area contributed by atoms with Crippen LogP contribution < -0.4 is 0 Å². The molecule has 0 aromatic carbocycles. The van der Waals surface area contributed by atoms with E-state index in [0.29, 0.717) is 0 Å². The number of hydrogen-bond acceptors (Lipinski definition) is 13. The molecule has 2 amide bonds. The van der Waals surface area contributed by atoms with E-state index in [9.17, 15) is 28.2 Å². The van der Waals surface area contributed by atoms with Gasteiger partial charge in [0.2, 0.25) is 11.8 Å². The van der Waals surface area contributed by atoms with Gasteiger partial charge in [-0.25, -0.2) is 0 Å². The Bertz CT molecular complexity index is 756. The zero-order valence-corrected chi connectivity index (χ0v) is 44.0. The summed E-state index contributed by atoms with van der Waals surface area (Å²) in [4.78, 5) is 59.5. The number of thioether (sulfide) groups is 1. The highest BCUT2D eigenvalue weighted by atomic mass is 32.2. The van der Waals surface area contributed by atoms with E-state index < -0.39 is 10.8 Å². The molecule has 0 fully saturated rings. The molecule has 18 heteroatoms. The quantitative estimate of drug-likeness (QED) is 0.167. The third kappa shape index (κ3) is 772. The molecule has 0 aromatic heterocycles. The normalized spacial score (nSPS) is 6.07. The molecule has 0 bridgehead atoms. The van der Waals surface area contributed by atoms with E-state index in [4.69, 9.17) is 24.4 Å². The molecule has 0 saturated heterocycles. The minimum atomic E-state index is -0.611. The smallest absolute Gasteiger partial charge is 0.302 e. The molecular formula is C49H137N5O9S4. The second-order valence-electron chi connectivity index (χ2n) is 11.6. The topological polar surface area (TPSA) is 146 Å². The van der Waals surface area contributed by atoms with Crippen molar-refractivity contribution in [3.63, 3.8) is 0 Å².